The molecule has 84 valence electrons. The van der Waals surface area contributed by atoms with Crippen molar-refractivity contribution in [2.45, 2.75) is 25.9 Å². The van der Waals surface area contributed by atoms with Gasteiger partial charge in [0.1, 0.15) is 0 Å². The maximum Gasteiger partial charge on any atom is 0.455 e. The van der Waals surface area contributed by atoms with Crippen molar-refractivity contribution < 1.29 is 26.7 Å². The average Bonchev–Trinajstić information content (AvgIpc) is 1.97. The Balaban J connectivity index is 4.20. The molecule has 0 fully saturated rings. The number of carbonyl (C=O) groups excluding carboxylic acids is 1. The van der Waals surface area contributed by atoms with Crippen LogP contribution in [0.25, 0.3) is 0 Å². The molecule has 0 aliphatic rings. The Labute approximate surface area is 77.5 Å². The third-order valence-corrected chi connectivity index (χ3v) is 1.42. The molecule has 0 rings (SSSR count). The Morgan fingerprint density at radius 3 is 1.93 bits per heavy atom. The van der Waals surface area contributed by atoms with E-state index in [9.17, 15) is 26.7 Å². The summed E-state index contributed by atoms with van der Waals surface area (Å²) in [5, 5.41) is 1.52. The van der Waals surface area contributed by atoms with Crippen LogP contribution in [0.15, 0.2) is 0 Å². The molecule has 14 heavy (non-hydrogen) atoms. The van der Waals surface area contributed by atoms with Crippen molar-refractivity contribution in [1.29, 1.82) is 0 Å². The SMILES string of the molecule is CC(C)C(=O)NCC(F)(F)C(F)(F)F. The number of carbonyl (C=O) groups is 1. The lowest BCUT2D eigenvalue weighted by atomic mass is 10.2. The molecule has 0 spiro atoms. The number of hydrogen-bond donors (Lipinski definition) is 1. The Bertz CT molecular complexity index is 211. The maximum absolute atomic E-state index is 12.2. The quantitative estimate of drug-likeness (QED) is 0.722. The number of nitrogens with one attached hydrogen (secondary N) is 1. The monoisotopic (exact) mass is 219 g/mol. The molecule has 0 bridgehead atoms. The fourth-order valence-corrected chi connectivity index (χ4v) is 0.502. The zero-order chi connectivity index (χ0) is 11.6. The van der Waals surface area contributed by atoms with Crippen LogP contribution in [0.1, 0.15) is 13.8 Å². The smallest absolute Gasteiger partial charge is 0.349 e. The van der Waals surface area contributed by atoms with Gasteiger partial charge >= 0.3 is 12.1 Å². The summed E-state index contributed by atoms with van der Waals surface area (Å²) in [5.41, 5.74) is 0. The zero-order valence-corrected chi connectivity index (χ0v) is 7.58. The van der Waals surface area contributed by atoms with Crippen molar-refractivity contribution in [1.82, 2.24) is 5.32 Å². The minimum absolute atomic E-state index is 0.626. The predicted octanol–water partition coefficient (Wildman–Crippen LogP) is 1.96. The summed E-state index contributed by atoms with van der Waals surface area (Å²) in [5.74, 6) is -6.34. The fraction of sp³-hybridized carbons (Fsp3) is 0.857. The van der Waals surface area contributed by atoms with Crippen LogP contribution in [-0.2, 0) is 4.79 Å². The summed E-state index contributed by atoms with van der Waals surface area (Å²) < 4.78 is 59.2. The summed E-state index contributed by atoms with van der Waals surface area (Å²) in [4.78, 5) is 10.7. The van der Waals surface area contributed by atoms with Crippen LogP contribution in [0.2, 0.25) is 0 Å². The zero-order valence-electron chi connectivity index (χ0n) is 7.58. The first-order chi connectivity index (χ1) is 6.08. The lowest BCUT2D eigenvalue weighted by Crippen LogP contribution is -2.47. The topological polar surface area (TPSA) is 29.1 Å². The van der Waals surface area contributed by atoms with E-state index in [2.05, 4.69) is 0 Å². The normalized spacial score (nSPS) is 13.1. The first-order valence-corrected chi connectivity index (χ1v) is 3.80. The van der Waals surface area contributed by atoms with E-state index in [4.69, 9.17) is 0 Å². The number of hydrogen-bond acceptors (Lipinski definition) is 1. The number of alkyl halides is 5. The first-order valence-electron chi connectivity index (χ1n) is 3.80. The molecule has 7 heteroatoms. The molecule has 1 N–H and O–H groups in total. The highest BCUT2D eigenvalue weighted by atomic mass is 19.4. The Morgan fingerprint density at radius 1 is 1.21 bits per heavy atom. The van der Waals surface area contributed by atoms with E-state index in [-0.39, 0.29) is 0 Å². The fourth-order valence-electron chi connectivity index (χ4n) is 0.502. The van der Waals surface area contributed by atoms with Gasteiger partial charge in [0.25, 0.3) is 0 Å². The summed E-state index contributed by atoms with van der Waals surface area (Å²) in [6, 6.07) is 0. The van der Waals surface area contributed by atoms with Gasteiger partial charge in [-0.3, -0.25) is 4.79 Å². The van der Waals surface area contributed by atoms with E-state index < -0.39 is 30.5 Å². The van der Waals surface area contributed by atoms with Gasteiger partial charge in [-0.05, 0) is 0 Å². The van der Waals surface area contributed by atoms with Gasteiger partial charge in [0.2, 0.25) is 5.91 Å². The standard InChI is InChI=1S/C7H10F5NO/c1-4(2)5(14)13-3-6(8,9)7(10,11)12/h4H,3H2,1-2H3,(H,13,14). The van der Waals surface area contributed by atoms with Crippen molar-refractivity contribution in [3.05, 3.63) is 0 Å². The Kier molecular flexibility index (Phi) is 3.84. The van der Waals surface area contributed by atoms with Crippen LogP contribution in [0.4, 0.5) is 22.0 Å². The second-order valence-electron chi connectivity index (χ2n) is 3.07. The molecule has 1 amide bonds. The van der Waals surface area contributed by atoms with Crippen molar-refractivity contribution in [3.63, 3.8) is 0 Å². The van der Waals surface area contributed by atoms with Crippen molar-refractivity contribution >= 4 is 5.91 Å². The maximum atomic E-state index is 12.2. The molecule has 0 unspecified atom stereocenters. The molecule has 2 nitrogen and oxygen atoms in total. The lowest BCUT2D eigenvalue weighted by Gasteiger charge is -2.20. The molecule has 0 heterocycles. The summed E-state index contributed by atoms with van der Waals surface area (Å²) >= 11 is 0. The van der Waals surface area contributed by atoms with Gasteiger partial charge in [0.05, 0.1) is 6.54 Å². The second kappa shape index (κ2) is 4.10. The summed E-state index contributed by atoms with van der Waals surface area (Å²) in [6.07, 6.45) is -5.63. The van der Waals surface area contributed by atoms with Gasteiger partial charge < -0.3 is 5.32 Å². The van der Waals surface area contributed by atoms with Crippen LogP contribution in [-0.4, -0.2) is 24.6 Å². The first kappa shape index (κ1) is 13.1. The molecule has 0 atom stereocenters. The van der Waals surface area contributed by atoms with E-state index in [1.165, 1.54) is 19.2 Å². The van der Waals surface area contributed by atoms with E-state index in [0.717, 1.165) is 0 Å². The predicted molar refractivity (Wildman–Crippen MR) is 38.8 cm³/mol. The molecular formula is C7H10F5NO. The third-order valence-electron chi connectivity index (χ3n) is 1.42. The van der Waals surface area contributed by atoms with E-state index in [1.807, 2.05) is 0 Å². The van der Waals surface area contributed by atoms with Gasteiger partial charge in [-0.1, -0.05) is 13.8 Å². The van der Waals surface area contributed by atoms with Crippen molar-refractivity contribution in [2.75, 3.05) is 6.54 Å². The molecule has 0 radical (unpaired) electrons. The van der Waals surface area contributed by atoms with Crippen molar-refractivity contribution in [3.8, 4) is 0 Å². The van der Waals surface area contributed by atoms with Crippen LogP contribution in [0.5, 0.6) is 0 Å². The van der Waals surface area contributed by atoms with Gasteiger partial charge in [0.15, 0.2) is 0 Å². The van der Waals surface area contributed by atoms with E-state index in [1.54, 1.807) is 0 Å². The Morgan fingerprint density at radius 2 is 1.64 bits per heavy atom. The molecule has 0 saturated carbocycles. The van der Waals surface area contributed by atoms with Gasteiger partial charge in [-0.2, -0.15) is 22.0 Å². The van der Waals surface area contributed by atoms with Gasteiger partial charge in [-0.25, -0.2) is 0 Å². The highest BCUT2D eigenvalue weighted by molar-refractivity contribution is 5.77. The van der Waals surface area contributed by atoms with Crippen LogP contribution in [0.3, 0.4) is 0 Å². The third kappa shape index (κ3) is 3.47. The Hall–Kier alpha value is -0.880. The highest BCUT2D eigenvalue weighted by Gasteiger charge is 2.57. The van der Waals surface area contributed by atoms with Crippen molar-refractivity contribution in [2.24, 2.45) is 5.92 Å². The van der Waals surface area contributed by atoms with Crippen LogP contribution in [0, 0.1) is 5.92 Å². The minimum atomic E-state index is -5.63. The molecular weight excluding hydrogens is 209 g/mol. The molecule has 0 aliphatic carbocycles. The van der Waals surface area contributed by atoms with Gasteiger partial charge in [-0.15, -0.1) is 0 Å². The minimum Gasteiger partial charge on any atom is -0.349 e. The number of rotatable bonds is 3. The van der Waals surface area contributed by atoms with Crippen LogP contribution >= 0.6 is 0 Å². The lowest BCUT2D eigenvalue weighted by molar-refractivity contribution is -0.278. The van der Waals surface area contributed by atoms with Crippen LogP contribution < -0.4 is 5.32 Å². The molecule has 0 aliphatic heterocycles. The largest absolute Gasteiger partial charge is 0.455 e. The average molecular weight is 219 g/mol. The highest BCUT2D eigenvalue weighted by Crippen LogP contribution is 2.34. The number of halogens is 5. The molecule has 0 aromatic heterocycles. The molecule has 0 aromatic carbocycles. The van der Waals surface area contributed by atoms with Gasteiger partial charge in [0, 0.05) is 5.92 Å². The molecule has 0 saturated heterocycles. The van der Waals surface area contributed by atoms with E-state index in [0.29, 0.717) is 0 Å². The second-order valence-corrected chi connectivity index (χ2v) is 3.07. The summed E-state index contributed by atoms with van der Waals surface area (Å²) in [6.45, 7) is 1.07. The molecule has 0 aromatic rings. The van der Waals surface area contributed by atoms with E-state index >= 15 is 0 Å². The number of amides is 1. The summed E-state index contributed by atoms with van der Waals surface area (Å²) in [7, 11) is 0.